The summed E-state index contributed by atoms with van der Waals surface area (Å²) in [6.45, 7) is 12.8. The molecule has 14 nitrogen and oxygen atoms in total. The Hall–Kier alpha value is -4.70. The molecular weight excluding hydrogens is 771 g/mol. The number of methoxy groups -OCH3 is 1. The third-order valence-electron chi connectivity index (χ3n) is 12.2. The molecule has 6 bridgehead atoms. The van der Waals surface area contributed by atoms with Gasteiger partial charge in [0.1, 0.15) is 29.7 Å². The van der Waals surface area contributed by atoms with E-state index in [1.165, 1.54) is 16.3 Å². The molecule has 3 aliphatic rings. The first-order valence-electron chi connectivity index (χ1n) is 20.6. The van der Waals surface area contributed by atoms with Crippen LogP contribution >= 0.6 is 11.3 Å². The van der Waals surface area contributed by atoms with Crippen LogP contribution < -0.4 is 10.7 Å². The van der Waals surface area contributed by atoms with Crippen LogP contribution in [0.1, 0.15) is 82.9 Å². The minimum Gasteiger partial charge on any atom is -0.464 e. The van der Waals surface area contributed by atoms with E-state index in [2.05, 4.69) is 35.2 Å². The summed E-state index contributed by atoms with van der Waals surface area (Å²) in [7, 11) is 5.14. The molecular formula is C44H57N7O7S. The molecule has 3 amide bonds. The summed E-state index contributed by atoms with van der Waals surface area (Å²) in [4.78, 5) is 67.2. The molecule has 1 saturated heterocycles. The third kappa shape index (κ3) is 8.52. The van der Waals surface area contributed by atoms with Crippen LogP contribution in [0.3, 0.4) is 0 Å². The Morgan fingerprint density at radius 2 is 1.93 bits per heavy atom. The average Bonchev–Trinajstić information content (AvgIpc) is 3.49. The summed E-state index contributed by atoms with van der Waals surface area (Å²) in [6.07, 6.45) is 2.01. The van der Waals surface area contributed by atoms with Crippen molar-refractivity contribution in [3.63, 3.8) is 0 Å². The van der Waals surface area contributed by atoms with Crippen molar-refractivity contribution in [2.24, 2.45) is 23.2 Å². The van der Waals surface area contributed by atoms with E-state index in [4.69, 9.17) is 24.2 Å². The Morgan fingerprint density at radius 3 is 2.63 bits per heavy atom. The number of pyridine rings is 1. The van der Waals surface area contributed by atoms with Gasteiger partial charge in [-0.3, -0.25) is 29.2 Å². The topological polar surface area (TPSA) is 157 Å². The van der Waals surface area contributed by atoms with Crippen molar-refractivity contribution in [3.05, 3.63) is 58.2 Å². The Labute approximate surface area is 350 Å². The lowest BCUT2D eigenvalue weighted by Gasteiger charge is -2.37. The lowest BCUT2D eigenvalue weighted by molar-refractivity contribution is -0.156. The second kappa shape index (κ2) is 17.1. The van der Waals surface area contributed by atoms with Gasteiger partial charge in [0, 0.05) is 79.3 Å². The molecule has 15 heteroatoms. The van der Waals surface area contributed by atoms with Crippen LogP contribution in [0.5, 0.6) is 0 Å². The summed E-state index contributed by atoms with van der Waals surface area (Å²) >= 11 is 1.37. The number of likely N-dealkylation sites (N-methyl/N-ethyl adjacent to an activating group) is 1. The highest BCUT2D eigenvalue weighted by Gasteiger charge is 2.50. The SMILES string of the molecule is CCO[C@@H]1c2nc(cs2)-c2ccc3c(c2)c(c(-c2cccnc2[C@H](C)OC)n3CC(=O)N(C)C)CC(C)(C)COC(=O)[C@@H]2CCCN(N2)C(=O)[C@H]1NC(=O)[C@H]1[C@H](C)[C@@H]1C. The van der Waals surface area contributed by atoms with Gasteiger partial charge < -0.3 is 29.0 Å². The number of thiazole rings is 1. The zero-order valence-electron chi connectivity index (χ0n) is 35.5. The fourth-order valence-corrected chi connectivity index (χ4v) is 9.35. The molecule has 0 spiro atoms. The normalized spacial score (nSPS) is 24.9. The van der Waals surface area contributed by atoms with E-state index in [1.807, 2.05) is 57.3 Å². The molecule has 1 aliphatic carbocycles. The molecule has 2 aliphatic heterocycles. The number of hydrogen-bond acceptors (Lipinski definition) is 11. The zero-order chi connectivity index (χ0) is 42.3. The maximum Gasteiger partial charge on any atom is 0.324 e. The molecule has 7 atom stereocenters. The van der Waals surface area contributed by atoms with Crippen molar-refractivity contribution in [1.29, 1.82) is 0 Å². The number of nitrogens with one attached hydrogen (secondary N) is 2. The van der Waals surface area contributed by atoms with E-state index in [9.17, 15) is 19.2 Å². The van der Waals surface area contributed by atoms with Gasteiger partial charge in [-0.15, -0.1) is 11.3 Å². The zero-order valence-corrected chi connectivity index (χ0v) is 36.4. The summed E-state index contributed by atoms with van der Waals surface area (Å²) in [5.74, 6) is -0.970. The molecule has 1 saturated carbocycles. The minimum atomic E-state index is -1.11. The first-order chi connectivity index (χ1) is 28.1. The van der Waals surface area contributed by atoms with E-state index >= 15 is 0 Å². The molecule has 59 heavy (non-hydrogen) atoms. The largest absolute Gasteiger partial charge is 0.464 e. The Bertz CT molecular complexity index is 2220. The maximum absolute atomic E-state index is 14.6. The average molecular weight is 828 g/mol. The number of esters is 1. The first kappa shape index (κ1) is 42.4. The van der Waals surface area contributed by atoms with Gasteiger partial charge in [0.05, 0.1) is 29.8 Å². The van der Waals surface area contributed by atoms with Crippen LogP contribution in [0.2, 0.25) is 0 Å². The third-order valence-corrected chi connectivity index (χ3v) is 13.1. The fourth-order valence-electron chi connectivity index (χ4n) is 8.44. The number of fused-ring (bicyclic) bond motifs is 6. The molecule has 0 radical (unpaired) electrons. The summed E-state index contributed by atoms with van der Waals surface area (Å²) < 4.78 is 20.3. The van der Waals surface area contributed by atoms with Gasteiger partial charge in [-0.1, -0.05) is 33.8 Å². The van der Waals surface area contributed by atoms with E-state index in [1.54, 1.807) is 32.3 Å². The van der Waals surface area contributed by atoms with Crippen LogP contribution in [0.15, 0.2) is 41.9 Å². The lowest BCUT2D eigenvalue weighted by Crippen LogP contribution is -2.61. The molecule has 316 valence electrons. The quantitative estimate of drug-likeness (QED) is 0.201. The van der Waals surface area contributed by atoms with Crippen molar-refractivity contribution in [2.45, 2.75) is 91.6 Å². The Balaban J connectivity index is 1.43. The van der Waals surface area contributed by atoms with Crippen LogP contribution in [-0.4, -0.2) is 101 Å². The number of hydrazine groups is 1. The Kier molecular flexibility index (Phi) is 12.3. The molecule has 7 rings (SSSR count). The molecule has 2 fully saturated rings. The first-order valence-corrected chi connectivity index (χ1v) is 21.5. The van der Waals surface area contributed by atoms with E-state index < -0.39 is 35.5 Å². The summed E-state index contributed by atoms with van der Waals surface area (Å²) in [5, 5.41) is 7.90. The molecule has 3 aromatic heterocycles. The van der Waals surface area contributed by atoms with Crippen molar-refractivity contribution in [1.82, 2.24) is 35.2 Å². The predicted molar refractivity (Wildman–Crippen MR) is 225 cm³/mol. The van der Waals surface area contributed by atoms with Gasteiger partial charge in [-0.25, -0.2) is 10.4 Å². The van der Waals surface area contributed by atoms with Gasteiger partial charge in [-0.05, 0) is 74.8 Å². The van der Waals surface area contributed by atoms with Gasteiger partial charge in [-0.2, -0.15) is 0 Å². The molecule has 4 aromatic rings. The van der Waals surface area contributed by atoms with E-state index in [-0.39, 0.29) is 55.4 Å². The second-order valence-corrected chi connectivity index (χ2v) is 18.1. The van der Waals surface area contributed by atoms with Crippen LogP contribution in [0.25, 0.3) is 33.4 Å². The highest BCUT2D eigenvalue weighted by atomic mass is 32.1. The summed E-state index contributed by atoms with van der Waals surface area (Å²) in [5.41, 5.74) is 8.30. The second-order valence-electron chi connectivity index (χ2n) is 17.2. The van der Waals surface area contributed by atoms with Crippen LogP contribution in [-0.2, 0) is 46.4 Å². The predicted octanol–water partition coefficient (Wildman–Crippen LogP) is 5.71. The van der Waals surface area contributed by atoms with Crippen LogP contribution in [0, 0.1) is 23.2 Å². The molecule has 0 unspecified atom stereocenters. The van der Waals surface area contributed by atoms with Gasteiger partial charge >= 0.3 is 5.97 Å². The number of amides is 3. The highest BCUT2D eigenvalue weighted by Crippen LogP contribution is 2.46. The highest BCUT2D eigenvalue weighted by molar-refractivity contribution is 7.10. The lowest BCUT2D eigenvalue weighted by atomic mass is 9.84. The number of cyclic esters (lactones) is 1. The molecule has 1 aromatic carbocycles. The molecule has 2 N–H and O–H groups in total. The monoisotopic (exact) mass is 827 g/mol. The van der Waals surface area contributed by atoms with Gasteiger partial charge in [0.25, 0.3) is 5.91 Å². The Morgan fingerprint density at radius 1 is 1.17 bits per heavy atom. The molecule has 5 heterocycles. The van der Waals surface area contributed by atoms with Crippen molar-refractivity contribution < 1.29 is 33.4 Å². The fraction of sp³-hybridized carbons (Fsp3) is 0.545. The van der Waals surface area contributed by atoms with E-state index in [0.717, 1.165) is 39.0 Å². The van der Waals surface area contributed by atoms with Crippen molar-refractivity contribution in [3.8, 4) is 22.5 Å². The van der Waals surface area contributed by atoms with Gasteiger partial charge in [0.2, 0.25) is 11.8 Å². The summed E-state index contributed by atoms with van der Waals surface area (Å²) in [6, 6.07) is 8.13. The van der Waals surface area contributed by atoms with Crippen molar-refractivity contribution >= 4 is 45.9 Å². The minimum absolute atomic E-state index is 0.0730. The number of carbonyl (C=O) groups is 4. The van der Waals surface area contributed by atoms with Gasteiger partial charge in [0.15, 0.2) is 0 Å². The number of aromatic nitrogens is 3. The maximum atomic E-state index is 14.6. The number of ether oxygens (including phenoxy) is 3. The standard InChI is InChI=1S/C44H57N7O7S/c1-10-57-39-37(47-40(53)35-24(2)25(35)3)42(54)51-18-12-14-31(48-51)43(55)58-23-44(5,6)20-30-29-19-27(32-22-59-41(39)46-32)15-16-33(29)50(21-34(52)49(7)8)38(30)28-13-11-17-45-36(28)26(4)56-9/h11,13,15-17,19,22,24-26,31,35,37,39,48H,10,12,14,18,20-21,23H2,1-9H3,(H,47,53)/t24-,25+,26-,31-,35+,37-,39-/m0/s1. The van der Waals surface area contributed by atoms with Crippen molar-refractivity contribution in [2.75, 3.05) is 41.0 Å². The smallest absolute Gasteiger partial charge is 0.324 e. The number of nitrogens with zero attached hydrogens (tertiary/aromatic N) is 5. The van der Waals surface area contributed by atoms with Crippen LogP contribution in [0.4, 0.5) is 0 Å². The number of carbonyl (C=O) groups excluding carboxylic acids is 4. The number of benzene rings is 1. The number of hydrogen-bond donors (Lipinski definition) is 2. The van der Waals surface area contributed by atoms with E-state index in [0.29, 0.717) is 36.5 Å². The number of rotatable bonds is 9.